The Hall–Kier alpha value is -2.38. The molecule has 35 heavy (non-hydrogen) atoms. The molecule has 0 bridgehead atoms. The molecule has 0 aliphatic carbocycles. The molecular formula is C34H46N+. The highest BCUT2D eigenvalue weighted by molar-refractivity contribution is 5.28. The summed E-state index contributed by atoms with van der Waals surface area (Å²) in [5.41, 5.74) is 7.71. The highest BCUT2D eigenvalue weighted by Crippen LogP contribution is 2.32. The molecule has 3 aromatic rings. The molecule has 0 radical (unpaired) electrons. The zero-order valence-corrected chi connectivity index (χ0v) is 23.0. The number of likely N-dealkylation sites (tertiary alicyclic amines) is 1. The molecule has 1 heteroatoms. The molecule has 0 aromatic heterocycles. The number of benzene rings is 3. The Bertz CT molecular complexity index is 1060. The van der Waals surface area contributed by atoms with Gasteiger partial charge in [0.05, 0.1) is 13.1 Å². The first-order valence-corrected chi connectivity index (χ1v) is 13.6. The summed E-state index contributed by atoms with van der Waals surface area (Å²) in [6.07, 6.45) is 3.86. The van der Waals surface area contributed by atoms with E-state index >= 15 is 0 Å². The monoisotopic (exact) mass is 468 g/mol. The molecule has 3 aromatic carbocycles. The average molecular weight is 469 g/mol. The van der Waals surface area contributed by atoms with Crippen LogP contribution in [0.25, 0.3) is 0 Å². The van der Waals surface area contributed by atoms with Gasteiger partial charge in [-0.15, -0.1) is 0 Å². The first-order chi connectivity index (χ1) is 16.5. The number of hydrogen-bond acceptors (Lipinski definition) is 0. The molecule has 0 N–H and O–H groups in total. The molecule has 4 rings (SSSR count). The third-order valence-corrected chi connectivity index (χ3v) is 7.93. The Morgan fingerprint density at radius 2 is 1.11 bits per heavy atom. The van der Waals surface area contributed by atoms with Gasteiger partial charge >= 0.3 is 0 Å². The molecule has 0 amide bonds. The summed E-state index contributed by atoms with van der Waals surface area (Å²) in [6.45, 7) is 18.6. The lowest BCUT2D eigenvalue weighted by Crippen LogP contribution is -2.53. The molecule has 1 aliphatic heterocycles. The Morgan fingerprint density at radius 1 is 0.629 bits per heavy atom. The molecule has 2 atom stereocenters. The van der Waals surface area contributed by atoms with Gasteiger partial charge in [0.25, 0.3) is 0 Å². The van der Waals surface area contributed by atoms with Crippen LogP contribution >= 0.6 is 0 Å². The van der Waals surface area contributed by atoms with E-state index in [0.29, 0.717) is 0 Å². The molecule has 1 aliphatic rings. The molecule has 0 spiro atoms. The van der Waals surface area contributed by atoms with Gasteiger partial charge in [-0.2, -0.15) is 0 Å². The largest absolute Gasteiger partial charge is 0.316 e. The minimum atomic E-state index is 0.202. The summed E-state index contributed by atoms with van der Waals surface area (Å²) in [6, 6.07) is 30.1. The third-order valence-electron chi connectivity index (χ3n) is 7.93. The predicted molar refractivity (Wildman–Crippen MR) is 151 cm³/mol. The van der Waals surface area contributed by atoms with E-state index < -0.39 is 0 Å². The van der Waals surface area contributed by atoms with Gasteiger partial charge in [-0.1, -0.05) is 120 Å². The number of hydrogen-bond donors (Lipinski definition) is 0. The Morgan fingerprint density at radius 3 is 1.63 bits per heavy atom. The smallest absolute Gasteiger partial charge is 0.105 e. The number of rotatable bonds is 6. The fourth-order valence-corrected chi connectivity index (χ4v) is 5.90. The molecule has 1 nitrogen and oxygen atoms in total. The van der Waals surface area contributed by atoms with Gasteiger partial charge in [0.2, 0.25) is 0 Å². The van der Waals surface area contributed by atoms with E-state index in [1.807, 2.05) is 0 Å². The highest BCUT2D eigenvalue weighted by Gasteiger charge is 2.35. The zero-order chi connectivity index (χ0) is 25.1. The summed E-state index contributed by atoms with van der Waals surface area (Å²) in [5, 5.41) is 0. The zero-order valence-electron chi connectivity index (χ0n) is 23.0. The van der Waals surface area contributed by atoms with E-state index in [0.717, 1.165) is 19.0 Å². The summed E-state index contributed by atoms with van der Waals surface area (Å²) in [4.78, 5) is 0. The summed E-state index contributed by atoms with van der Waals surface area (Å²) in [7, 11) is 0. The molecule has 1 fully saturated rings. The highest BCUT2D eigenvalue weighted by atomic mass is 15.4. The van der Waals surface area contributed by atoms with E-state index in [1.165, 1.54) is 64.7 Å². The standard InChI is InChI=1S/C34H46N/c1-33(2,3)31-18-14-27(15-19-31)23-30-13-10-22-35(26-30,24-28-11-8-7-9-12-28)25-29-16-20-32(21-17-29)34(4,5)6/h7-9,11-12,14-21,30H,10,13,22-26H2,1-6H3/q+1/t30-,35+/m1/s1. The van der Waals surface area contributed by atoms with Gasteiger partial charge in [0, 0.05) is 17.0 Å². The Balaban J connectivity index is 1.54. The van der Waals surface area contributed by atoms with Crippen LogP contribution in [0.2, 0.25) is 0 Å². The van der Waals surface area contributed by atoms with Crippen LogP contribution in [-0.2, 0) is 30.3 Å². The second-order valence-electron chi connectivity index (χ2n) is 13.2. The van der Waals surface area contributed by atoms with Crippen LogP contribution in [0.4, 0.5) is 0 Å². The maximum Gasteiger partial charge on any atom is 0.105 e. The minimum Gasteiger partial charge on any atom is -0.316 e. The van der Waals surface area contributed by atoms with Crippen LogP contribution in [0.3, 0.4) is 0 Å². The number of piperidine rings is 1. The van der Waals surface area contributed by atoms with Crippen molar-refractivity contribution in [1.82, 2.24) is 0 Å². The van der Waals surface area contributed by atoms with Crippen LogP contribution in [-0.4, -0.2) is 17.6 Å². The molecule has 0 unspecified atom stereocenters. The maximum absolute atomic E-state index is 2.39. The Labute approximate surface area is 214 Å². The summed E-state index contributed by atoms with van der Waals surface area (Å²) in [5.74, 6) is 0.738. The van der Waals surface area contributed by atoms with Gasteiger partial charge < -0.3 is 4.48 Å². The van der Waals surface area contributed by atoms with Crippen molar-refractivity contribution in [2.24, 2.45) is 5.92 Å². The lowest BCUT2D eigenvalue weighted by molar-refractivity contribution is -0.961. The van der Waals surface area contributed by atoms with Crippen molar-refractivity contribution in [1.29, 1.82) is 0 Å². The number of nitrogens with zero attached hydrogens (tertiary/aromatic N) is 1. The van der Waals surface area contributed by atoms with Crippen molar-refractivity contribution in [3.63, 3.8) is 0 Å². The van der Waals surface area contributed by atoms with Gasteiger partial charge in [-0.05, 0) is 46.8 Å². The van der Waals surface area contributed by atoms with Crippen molar-refractivity contribution >= 4 is 0 Å². The van der Waals surface area contributed by atoms with Crippen LogP contribution in [0, 0.1) is 5.92 Å². The van der Waals surface area contributed by atoms with Crippen LogP contribution in [0.1, 0.15) is 82.2 Å². The third kappa shape index (κ3) is 6.85. The molecular weight excluding hydrogens is 422 g/mol. The van der Waals surface area contributed by atoms with E-state index in [1.54, 1.807) is 0 Å². The van der Waals surface area contributed by atoms with Crippen LogP contribution in [0.15, 0.2) is 78.9 Å². The first kappa shape index (κ1) is 25.7. The van der Waals surface area contributed by atoms with Crippen molar-refractivity contribution in [2.45, 2.75) is 84.7 Å². The SMILES string of the molecule is CC(C)(C)c1ccc(C[C@H]2CCC[N@+](Cc3ccccc3)(Cc3ccc(C(C)(C)C)cc3)C2)cc1. The van der Waals surface area contributed by atoms with Gasteiger partial charge in [-0.3, -0.25) is 0 Å². The Kier molecular flexibility index (Phi) is 7.57. The molecule has 1 saturated heterocycles. The van der Waals surface area contributed by atoms with Crippen molar-refractivity contribution < 1.29 is 4.48 Å². The van der Waals surface area contributed by atoms with Gasteiger partial charge in [0.1, 0.15) is 13.1 Å². The summed E-state index contributed by atoms with van der Waals surface area (Å²) < 4.78 is 1.17. The maximum atomic E-state index is 2.39. The lowest BCUT2D eigenvalue weighted by Gasteiger charge is -2.45. The van der Waals surface area contributed by atoms with Gasteiger partial charge in [0.15, 0.2) is 0 Å². The molecule has 1 heterocycles. The normalized spacial score (nSPS) is 21.1. The predicted octanol–water partition coefficient (Wildman–Crippen LogP) is 8.45. The van der Waals surface area contributed by atoms with E-state index in [-0.39, 0.29) is 10.8 Å². The topological polar surface area (TPSA) is 0 Å². The van der Waals surface area contributed by atoms with Crippen LogP contribution in [0.5, 0.6) is 0 Å². The van der Waals surface area contributed by atoms with E-state index in [4.69, 9.17) is 0 Å². The van der Waals surface area contributed by atoms with Crippen LogP contribution < -0.4 is 0 Å². The van der Waals surface area contributed by atoms with Gasteiger partial charge in [-0.25, -0.2) is 0 Å². The lowest BCUT2D eigenvalue weighted by atomic mass is 9.84. The van der Waals surface area contributed by atoms with Crippen molar-refractivity contribution in [3.8, 4) is 0 Å². The van der Waals surface area contributed by atoms with E-state index in [2.05, 4.69) is 120 Å². The van der Waals surface area contributed by atoms with Crippen molar-refractivity contribution in [2.75, 3.05) is 13.1 Å². The quantitative estimate of drug-likeness (QED) is 0.318. The van der Waals surface area contributed by atoms with E-state index in [9.17, 15) is 0 Å². The fraction of sp³-hybridized carbons (Fsp3) is 0.471. The average Bonchev–Trinajstić information content (AvgIpc) is 2.79. The fourth-order valence-electron chi connectivity index (χ4n) is 5.90. The molecule has 0 saturated carbocycles. The molecule has 186 valence electrons. The second kappa shape index (κ2) is 10.3. The van der Waals surface area contributed by atoms with Crippen molar-refractivity contribution in [3.05, 3.63) is 107 Å². The number of quaternary nitrogens is 1. The summed E-state index contributed by atoms with van der Waals surface area (Å²) >= 11 is 0. The minimum absolute atomic E-state index is 0.202. The second-order valence-corrected chi connectivity index (χ2v) is 13.2. The first-order valence-electron chi connectivity index (χ1n) is 13.6.